The molecule has 4 rings (SSSR count). The van der Waals surface area contributed by atoms with Crippen LogP contribution in [-0.4, -0.2) is 52.1 Å². The number of carbonyl (C=O) groups excluding carboxylic acids is 1. The first-order chi connectivity index (χ1) is 11.8. The third-order valence-electron chi connectivity index (χ3n) is 4.25. The summed E-state index contributed by atoms with van der Waals surface area (Å²) < 4.78 is 18.4. The van der Waals surface area contributed by atoms with Crippen LogP contribution < -0.4 is 9.47 Å². The smallest absolute Gasteiger partial charge is 0.254 e. The number of rotatable bonds is 3. The van der Waals surface area contributed by atoms with Crippen molar-refractivity contribution in [1.29, 1.82) is 0 Å². The minimum atomic E-state index is -0.265. The first-order valence-corrected chi connectivity index (χ1v) is 7.94. The maximum absolute atomic E-state index is 12.8. The minimum absolute atomic E-state index is 0.0517. The van der Waals surface area contributed by atoms with Crippen LogP contribution in [0.3, 0.4) is 0 Å². The fraction of sp³-hybridized carbons (Fsp3) is 0.438. The Hall–Kier alpha value is -2.61. The van der Waals surface area contributed by atoms with E-state index in [1.807, 2.05) is 11.5 Å². The largest absolute Gasteiger partial charge is 0.454 e. The van der Waals surface area contributed by atoms with Gasteiger partial charge in [0.05, 0.1) is 13.2 Å². The molecule has 126 valence electrons. The summed E-state index contributed by atoms with van der Waals surface area (Å²) in [6, 6.07) is 5.25. The maximum atomic E-state index is 12.8. The van der Waals surface area contributed by atoms with Crippen LogP contribution in [0.15, 0.2) is 24.5 Å². The number of aryl methyl sites for hydroxylation is 1. The van der Waals surface area contributed by atoms with Crippen LogP contribution in [0, 0.1) is 0 Å². The van der Waals surface area contributed by atoms with Crippen LogP contribution in [0.25, 0.3) is 0 Å². The van der Waals surface area contributed by atoms with Crippen molar-refractivity contribution >= 4 is 5.91 Å². The molecule has 0 bridgehead atoms. The summed E-state index contributed by atoms with van der Waals surface area (Å²) in [5.41, 5.74) is 0.580. The lowest BCUT2D eigenvalue weighted by Crippen LogP contribution is -2.42. The molecule has 1 atom stereocenters. The molecule has 0 aliphatic carbocycles. The molecule has 0 saturated carbocycles. The molecule has 1 aromatic heterocycles. The van der Waals surface area contributed by atoms with Crippen molar-refractivity contribution in [2.24, 2.45) is 0 Å². The highest BCUT2D eigenvalue weighted by molar-refractivity contribution is 5.95. The summed E-state index contributed by atoms with van der Waals surface area (Å²) in [7, 11) is 0. The number of hydrogen-bond acceptors (Lipinski definition) is 6. The van der Waals surface area contributed by atoms with E-state index in [0.717, 1.165) is 12.4 Å². The fourth-order valence-electron chi connectivity index (χ4n) is 2.96. The predicted octanol–water partition coefficient (Wildman–Crippen LogP) is 1.24. The van der Waals surface area contributed by atoms with Gasteiger partial charge in [-0.2, -0.15) is 0 Å². The summed E-state index contributed by atoms with van der Waals surface area (Å²) >= 11 is 0. The Morgan fingerprint density at radius 2 is 2.21 bits per heavy atom. The molecule has 2 aromatic rings. The van der Waals surface area contributed by atoms with Gasteiger partial charge < -0.3 is 23.7 Å². The van der Waals surface area contributed by atoms with Crippen molar-refractivity contribution in [3.05, 3.63) is 35.9 Å². The average molecular weight is 330 g/mol. The molecule has 1 aromatic carbocycles. The molecule has 2 aliphatic heterocycles. The van der Waals surface area contributed by atoms with Gasteiger partial charge >= 0.3 is 0 Å². The number of nitrogens with zero attached hydrogens (tertiary/aromatic N) is 4. The van der Waals surface area contributed by atoms with Gasteiger partial charge in [0.2, 0.25) is 6.79 Å². The summed E-state index contributed by atoms with van der Waals surface area (Å²) in [6.45, 7) is 4.44. The zero-order chi connectivity index (χ0) is 16.5. The van der Waals surface area contributed by atoms with Gasteiger partial charge in [-0.3, -0.25) is 4.79 Å². The van der Waals surface area contributed by atoms with E-state index in [9.17, 15) is 4.79 Å². The van der Waals surface area contributed by atoms with E-state index in [1.165, 1.54) is 0 Å². The molecule has 0 unspecified atom stereocenters. The van der Waals surface area contributed by atoms with E-state index in [1.54, 1.807) is 29.4 Å². The van der Waals surface area contributed by atoms with Crippen molar-refractivity contribution in [3.63, 3.8) is 0 Å². The van der Waals surface area contributed by atoms with Crippen molar-refractivity contribution in [3.8, 4) is 11.5 Å². The Bertz CT molecular complexity index is 760. The zero-order valence-corrected chi connectivity index (χ0v) is 13.3. The molecule has 8 heteroatoms. The standard InChI is InChI=1S/C16H18N4O4/c1-2-19-9-17-18-15(19)14-8-20(5-6-22-14)16(21)11-3-4-12-13(7-11)24-10-23-12/h3-4,7,9,14H,2,5-6,8,10H2,1H3/t14-/m1/s1. The molecular formula is C16H18N4O4. The van der Waals surface area contributed by atoms with Crippen LogP contribution in [0.1, 0.15) is 29.2 Å². The fourth-order valence-corrected chi connectivity index (χ4v) is 2.96. The Morgan fingerprint density at radius 3 is 3.08 bits per heavy atom. The van der Waals surface area contributed by atoms with Gasteiger partial charge in [-0.25, -0.2) is 0 Å². The van der Waals surface area contributed by atoms with E-state index in [0.29, 0.717) is 36.8 Å². The SMILES string of the molecule is CCn1cnnc1[C@H]1CN(C(=O)c2ccc3c(c2)OCO3)CCO1. The molecular weight excluding hydrogens is 312 g/mol. The second-order valence-corrected chi connectivity index (χ2v) is 5.65. The van der Waals surface area contributed by atoms with Crippen LogP contribution in [0.5, 0.6) is 11.5 Å². The molecule has 0 radical (unpaired) electrons. The number of morpholine rings is 1. The zero-order valence-electron chi connectivity index (χ0n) is 13.3. The normalized spacial score (nSPS) is 19.5. The maximum Gasteiger partial charge on any atom is 0.254 e. The van der Waals surface area contributed by atoms with E-state index < -0.39 is 0 Å². The van der Waals surface area contributed by atoms with Gasteiger partial charge in [0, 0.05) is 18.7 Å². The molecule has 2 aliphatic rings. The Morgan fingerprint density at radius 1 is 1.33 bits per heavy atom. The first kappa shape index (κ1) is 14.9. The highest BCUT2D eigenvalue weighted by Gasteiger charge is 2.29. The van der Waals surface area contributed by atoms with Gasteiger partial charge in [-0.1, -0.05) is 0 Å². The van der Waals surface area contributed by atoms with E-state index in [2.05, 4.69) is 10.2 Å². The number of carbonyl (C=O) groups is 1. The average Bonchev–Trinajstić information content (AvgIpc) is 3.29. The second-order valence-electron chi connectivity index (χ2n) is 5.65. The molecule has 3 heterocycles. The third kappa shape index (κ3) is 2.58. The monoisotopic (exact) mass is 330 g/mol. The number of hydrogen-bond donors (Lipinski definition) is 0. The number of ether oxygens (including phenoxy) is 3. The topological polar surface area (TPSA) is 78.7 Å². The number of fused-ring (bicyclic) bond motifs is 1. The van der Waals surface area contributed by atoms with E-state index >= 15 is 0 Å². The van der Waals surface area contributed by atoms with Gasteiger partial charge in [-0.15, -0.1) is 10.2 Å². The number of amides is 1. The molecule has 0 N–H and O–H groups in total. The van der Waals surface area contributed by atoms with Crippen LogP contribution in [0.4, 0.5) is 0 Å². The molecule has 24 heavy (non-hydrogen) atoms. The number of benzene rings is 1. The molecule has 0 spiro atoms. The summed E-state index contributed by atoms with van der Waals surface area (Å²) in [5, 5.41) is 8.07. The first-order valence-electron chi connectivity index (χ1n) is 7.94. The highest BCUT2D eigenvalue weighted by Crippen LogP contribution is 2.33. The predicted molar refractivity (Wildman–Crippen MR) is 82.9 cm³/mol. The van der Waals surface area contributed by atoms with Gasteiger partial charge in [0.25, 0.3) is 5.91 Å². The van der Waals surface area contributed by atoms with Crippen LogP contribution in [0.2, 0.25) is 0 Å². The van der Waals surface area contributed by atoms with E-state index in [4.69, 9.17) is 14.2 Å². The van der Waals surface area contributed by atoms with Crippen LogP contribution >= 0.6 is 0 Å². The summed E-state index contributed by atoms with van der Waals surface area (Å²) in [4.78, 5) is 14.6. The lowest BCUT2D eigenvalue weighted by Gasteiger charge is -2.32. The Kier molecular flexibility index (Phi) is 3.81. The molecule has 1 amide bonds. The van der Waals surface area contributed by atoms with Gasteiger partial charge in [0.15, 0.2) is 17.3 Å². The Balaban J connectivity index is 1.52. The van der Waals surface area contributed by atoms with Crippen molar-refractivity contribution in [2.45, 2.75) is 19.6 Å². The number of aromatic nitrogens is 3. The molecule has 1 saturated heterocycles. The summed E-state index contributed by atoms with van der Waals surface area (Å²) in [6.07, 6.45) is 1.41. The van der Waals surface area contributed by atoms with Crippen molar-refractivity contribution in [2.75, 3.05) is 26.5 Å². The molecule has 1 fully saturated rings. The van der Waals surface area contributed by atoms with Crippen molar-refractivity contribution < 1.29 is 19.0 Å². The lowest BCUT2D eigenvalue weighted by atomic mass is 10.1. The van der Waals surface area contributed by atoms with Gasteiger partial charge in [0.1, 0.15) is 12.4 Å². The van der Waals surface area contributed by atoms with Gasteiger partial charge in [-0.05, 0) is 25.1 Å². The lowest BCUT2D eigenvalue weighted by molar-refractivity contribution is -0.0284. The Labute approximate surface area is 138 Å². The summed E-state index contributed by atoms with van der Waals surface area (Å²) in [5.74, 6) is 1.98. The highest BCUT2D eigenvalue weighted by atomic mass is 16.7. The van der Waals surface area contributed by atoms with E-state index in [-0.39, 0.29) is 18.8 Å². The molecule has 8 nitrogen and oxygen atoms in total. The third-order valence-corrected chi connectivity index (χ3v) is 4.25. The second kappa shape index (κ2) is 6.12. The van der Waals surface area contributed by atoms with Crippen molar-refractivity contribution in [1.82, 2.24) is 19.7 Å². The minimum Gasteiger partial charge on any atom is -0.454 e. The van der Waals surface area contributed by atoms with Crippen LogP contribution in [-0.2, 0) is 11.3 Å². The quantitative estimate of drug-likeness (QED) is 0.842.